The Bertz CT molecular complexity index is 503. The van der Waals surface area contributed by atoms with Crippen LogP contribution in [0.25, 0.3) is 0 Å². The molecular weight excluding hydrogens is 391 g/mol. The molecule has 4 unspecified atom stereocenters. The SMILES string of the molecule is O=C1C2C(Br)C(Br)c3ccccc3C2C1(Cl)Cl. The summed E-state index contributed by atoms with van der Waals surface area (Å²) in [6, 6.07) is 7.99. The molecule has 1 saturated carbocycles. The van der Waals surface area contributed by atoms with Gasteiger partial charge in [-0.2, -0.15) is 0 Å². The maximum absolute atomic E-state index is 12.0. The van der Waals surface area contributed by atoms with E-state index in [-0.39, 0.29) is 27.3 Å². The van der Waals surface area contributed by atoms with Crippen LogP contribution in [0.1, 0.15) is 21.9 Å². The van der Waals surface area contributed by atoms with Crippen molar-refractivity contribution >= 4 is 60.8 Å². The summed E-state index contributed by atoms with van der Waals surface area (Å²) < 4.78 is -1.26. The van der Waals surface area contributed by atoms with Crippen LogP contribution in [0.3, 0.4) is 0 Å². The summed E-state index contributed by atoms with van der Waals surface area (Å²) in [5.74, 6) is -0.316. The fraction of sp³-hybridized carbons (Fsp3) is 0.417. The van der Waals surface area contributed by atoms with E-state index < -0.39 is 4.33 Å². The quantitative estimate of drug-likeness (QED) is 0.593. The maximum atomic E-state index is 12.0. The van der Waals surface area contributed by atoms with Gasteiger partial charge in [0.2, 0.25) is 0 Å². The highest BCUT2D eigenvalue weighted by Gasteiger charge is 2.66. The molecule has 2 aliphatic rings. The van der Waals surface area contributed by atoms with Crippen molar-refractivity contribution in [3.05, 3.63) is 35.4 Å². The lowest BCUT2D eigenvalue weighted by molar-refractivity contribution is -0.132. The third kappa shape index (κ3) is 1.52. The Morgan fingerprint density at radius 1 is 1.12 bits per heavy atom. The van der Waals surface area contributed by atoms with Gasteiger partial charge >= 0.3 is 0 Å². The van der Waals surface area contributed by atoms with Gasteiger partial charge in [0, 0.05) is 16.7 Å². The first-order valence-corrected chi connectivity index (χ1v) is 7.84. The summed E-state index contributed by atoms with van der Waals surface area (Å²) in [4.78, 5) is 12.1. The van der Waals surface area contributed by atoms with Crippen molar-refractivity contribution in [2.75, 3.05) is 0 Å². The van der Waals surface area contributed by atoms with Crippen LogP contribution >= 0.6 is 55.1 Å². The minimum atomic E-state index is -1.26. The number of fused-ring (bicyclic) bond motifs is 3. The predicted octanol–water partition coefficient (Wildman–Crippen LogP) is 4.36. The van der Waals surface area contributed by atoms with Gasteiger partial charge in [-0.3, -0.25) is 4.79 Å². The number of alkyl halides is 4. The zero-order valence-corrected chi connectivity index (χ0v) is 13.2. The van der Waals surface area contributed by atoms with E-state index in [2.05, 4.69) is 31.9 Å². The fourth-order valence-electron chi connectivity index (χ4n) is 2.77. The van der Waals surface area contributed by atoms with Gasteiger partial charge in [-0.05, 0) is 11.1 Å². The molecule has 4 atom stereocenters. The van der Waals surface area contributed by atoms with E-state index >= 15 is 0 Å². The number of benzene rings is 1. The topological polar surface area (TPSA) is 17.1 Å². The van der Waals surface area contributed by atoms with Crippen LogP contribution in [0.5, 0.6) is 0 Å². The number of halogens is 4. The van der Waals surface area contributed by atoms with Gasteiger partial charge in [-0.25, -0.2) is 0 Å². The summed E-state index contributed by atoms with van der Waals surface area (Å²) in [6.45, 7) is 0. The van der Waals surface area contributed by atoms with Gasteiger partial charge in [0.25, 0.3) is 0 Å². The van der Waals surface area contributed by atoms with Crippen LogP contribution in [0, 0.1) is 5.92 Å². The lowest BCUT2D eigenvalue weighted by Crippen LogP contribution is -2.60. The molecule has 1 aromatic rings. The van der Waals surface area contributed by atoms with Crippen LogP contribution in [0.15, 0.2) is 24.3 Å². The smallest absolute Gasteiger partial charge is 0.183 e. The molecule has 0 spiro atoms. The van der Waals surface area contributed by atoms with Crippen LogP contribution in [0.2, 0.25) is 0 Å². The predicted molar refractivity (Wildman–Crippen MR) is 76.5 cm³/mol. The highest BCUT2D eigenvalue weighted by atomic mass is 79.9. The van der Waals surface area contributed by atoms with Crippen molar-refractivity contribution in [2.45, 2.75) is 19.9 Å². The number of carbonyl (C=O) groups excluding carboxylic acids is 1. The Morgan fingerprint density at radius 3 is 2.35 bits per heavy atom. The second-order valence-corrected chi connectivity index (χ2v) is 7.90. The standard InChI is InChI=1S/C12H8Br2Cl2O/c13-9-6-4-2-1-3-5(6)8-7(10(9)14)11(17)12(8,15)16/h1-4,7-10H. The highest BCUT2D eigenvalue weighted by Crippen LogP contribution is 2.63. The first-order chi connectivity index (χ1) is 7.96. The summed E-state index contributed by atoms with van der Waals surface area (Å²) in [5, 5.41) is 0. The van der Waals surface area contributed by atoms with E-state index in [9.17, 15) is 4.79 Å². The maximum Gasteiger partial charge on any atom is 0.183 e. The van der Waals surface area contributed by atoms with E-state index in [1.807, 2.05) is 24.3 Å². The van der Waals surface area contributed by atoms with Gasteiger partial charge in [-0.1, -0.05) is 79.3 Å². The lowest BCUT2D eigenvalue weighted by atomic mass is 9.61. The number of ketones is 1. The number of hydrogen-bond donors (Lipinski definition) is 0. The largest absolute Gasteiger partial charge is 0.296 e. The Labute approximate surface area is 126 Å². The Morgan fingerprint density at radius 2 is 1.71 bits per heavy atom. The van der Waals surface area contributed by atoms with E-state index in [0.717, 1.165) is 11.1 Å². The normalized spacial score (nSPS) is 38.0. The van der Waals surface area contributed by atoms with Crippen LogP contribution in [-0.2, 0) is 4.79 Å². The van der Waals surface area contributed by atoms with E-state index in [1.54, 1.807) is 0 Å². The summed E-state index contributed by atoms with van der Waals surface area (Å²) in [6.07, 6.45) is 0. The van der Waals surface area contributed by atoms with Crippen molar-refractivity contribution in [1.29, 1.82) is 0 Å². The van der Waals surface area contributed by atoms with E-state index in [4.69, 9.17) is 23.2 Å². The van der Waals surface area contributed by atoms with Gasteiger partial charge in [-0.15, -0.1) is 0 Å². The molecule has 3 rings (SSSR count). The highest BCUT2D eigenvalue weighted by molar-refractivity contribution is 9.12. The zero-order chi connectivity index (χ0) is 12.4. The molecule has 1 fully saturated rings. The average Bonchev–Trinajstić information content (AvgIpc) is 2.32. The number of carbonyl (C=O) groups is 1. The first kappa shape index (κ1) is 12.5. The lowest BCUT2D eigenvalue weighted by Gasteiger charge is -2.52. The van der Waals surface area contributed by atoms with Crippen LogP contribution in [-0.4, -0.2) is 14.9 Å². The second-order valence-electron chi connectivity index (χ2n) is 4.47. The first-order valence-electron chi connectivity index (χ1n) is 5.25. The molecule has 17 heavy (non-hydrogen) atoms. The van der Waals surface area contributed by atoms with Gasteiger partial charge in [0.1, 0.15) is 0 Å². The molecule has 2 aliphatic carbocycles. The Hall–Kier alpha value is 0.430. The summed E-state index contributed by atoms with van der Waals surface area (Å²) in [5.41, 5.74) is 2.24. The molecule has 0 heterocycles. The van der Waals surface area contributed by atoms with Crippen molar-refractivity contribution in [2.24, 2.45) is 5.92 Å². The third-order valence-corrected chi connectivity index (χ3v) is 7.34. The Kier molecular flexibility index (Phi) is 2.90. The Balaban J connectivity index is 2.17. The fourth-order valence-corrected chi connectivity index (χ4v) is 5.11. The monoisotopic (exact) mass is 396 g/mol. The zero-order valence-electron chi connectivity index (χ0n) is 8.54. The van der Waals surface area contributed by atoms with E-state index in [1.165, 1.54) is 0 Å². The molecule has 0 bridgehead atoms. The summed E-state index contributed by atoms with van der Waals surface area (Å²) >= 11 is 19.5. The molecule has 0 saturated heterocycles. The van der Waals surface area contributed by atoms with Crippen LogP contribution < -0.4 is 0 Å². The van der Waals surface area contributed by atoms with Crippen molar-refractivity contribution in [3.8, 4) is 0 Å². The number of Topliss-reactive ketones (excluding diaryl/α,β-unsaturated/α-hetero) is 1. The molecule has 0 N–H and O–H groups in total. The molecule has 1 nitrogen and oxygen atoms in total. The average molecular weight is 399 g/mol. The molecule has 0 amide bonds. The van der Waals surface area contributed by atoms with Crippen molar-refractivity contribution in [1.82, 2.24) is 0 Å². The molecule has 0 aromatic heterocycles. The second kappa shape index (κ2) is 3.96. The molecule has 0 aliphatic heterocycles. The third-order valence-electron chi connectivity index (χ3n) is 3.63. The molecule has 90 valence electrons. The molecular formula is C12H8Br2Cl2O. The summed E-state index contributed by atoms with van der Waals surface area (Å²) in [7, 11) is 0. The van der Waals surface area contributed by atoms with Gasteiger partial charge < -0.3 is 0 Å². The number of rotatable bonds is 0. The minimum absolute atomic E-state index is 0.0422. The van der Waals surface area contributed by atoms with E-state index in [0.29, 0.717) is 0 Å². The molecule has 5 heteroatoms. The number of hydrogen-bond acceptors (Lipinski definition) is 1. The molecule has 1 aromatic carbocycles. The van der Waals surface area contributed by atoms with Gasteiger partial charge in [0.15, 0.2) is 10.1 Å². The van der Waals surface area contributed by atoms with Crippen molar-refractivity contribution < 1.29 is 4.79 Å². The van der Waals surface area contributed by atoms with Gasteiger partial charge in [0.05, 0.1) is 4.83 Å². The minimum Gasteiger partial charge on any atom is -0.296 e. The van der Waals surface area contributed by atoms with Crippen LogP contribution in [0.4, 0.5) is 0 Å². The van der Waals surface area contributed by atoms with Crippen molar-refractivity contribution in [3.63, 3.8) is 0 Å². The molecule has 0 radical (unpaired) electrons.